The molecule has 0 bridgehead atoms. The summed E-state index contributed by atoms with van der Waals surface area (Å²) in [5.74, 6) is 1.31. The highest BCUT2D eigenvalue weighted by Crippen LogP contribution is 2.29. The van der Waals surface area contributed by atoms with Gasteiger partial charge in [0.25, 0.3) is 5.91 Å². The van der Waals surface area contributed by atoms with E-state index in [9.17, 15) is 4.79 Å². The molecule has 3 aromatic rings. The van der Waals surface area contributed by atoms with Gasteiger partial charge in [0.05, 0.1) is 0 Å². The zero-order valence-electron chi connectivity index (χ0n) is 14.6. The fourth-order valence-electron chi connectivity index (χ4n) is 2.67. The van der Waals surface area contributed by atoms with E-state index in [-0.39, 0.29) is 12.5 Å². The van der Waals surface area contributed by atoms with Crippen molar-refractivity contribution in [1.82, 2.24) is 9.88 Å². The van der Waals surface area contributed by atoms with Gasteiger partial charge in [0.1, 0.15) is 5.75 Å². The normalized spacial score (nSPS) is 10.8. The molecule has 26 heavy (non-hydrogen) atoms. The SMILES string of the molecule is CCn1cc(SCCNC(=O)COc2ccc(Cl)cc2)c2ccccc21. The van der Waals surface area contributed by atoms with Crippen molar-refractivity contribution in [1.29, 1.82) is 0 Å². The number of thioether (sulfide) groups is 1. The summed E-state index contributed by atoms with van der Waals surface area (Å²) in [6.07, 6.45) is 2.18. The highest BCUT2D eigenvalue weighted by Gasteiger charge is 2.08. The summed E-state index contributed by atoms with van der Waals surface area (Å²) in [5.41, 5.74) is 1.25. The number of hydrogen-bond acceptors (Lipinski definition) is 3. The first-order chi connectivity index (χ1) is 12.7. The lowest BCUT2D eigenvalue weighted by Gasteiger charge is -2.07. The van der Waals surface area contributed by atoms with Crippen LogP contribution >= 0.6 is 23.4 Å². The number of aromatic nitrogens is 1. The lowest BCUT2D eigenvalue weighted by molar-refractivity contribution is -0.122. The standard InChI is InChI=1S/C20H21ClN2O2S/c1-2-23-13-19(17-5-3-4-6-18(17)23)26-12-11-22-20(24)14-25-16-9-7-15(21)8-10-16/h3-10,13H,2,11-12,14H2,1H3,(H,22,24). The highest BCUT2D eigenvalue weighted by molar-refractivity contribution is 7.99. The average Bonchev–Trinajstić information content (AvgIpc) is 3.03. The summed E-state index contributed by atoms with van der Waals surface area (Å²) in [5, 5.41) is 4.79. The fourth-order valence-corrected chi connectivity index (χ4v) is 3.75. The molecule has 0 aliphatic carbocycles. The first-order valence-corrected chi connectivity index (χ1v) is 9.89. The van der Waals surface area contributed by atoms with Crippen LogP contribution in [0.2, 0.25) is 5.02 Å². The van der Waals surface area contributed by atoms with Crippen LogP contribution in [0.25, 0.3) is 10.9 Å². The van der Waals surface area contributed by atoms with E-state index >= 15 is 0 Å². The number of aryl methyl sites for hydroxylation is 1. The monoisotopic (exact) mass is 388 g/mol. The van der Waals surface area contributed by atoms with E-state index in [4.69, 9.17) is 16.3 Å². The molecule has 0 radical (unpaired) electrons. The molecule has 0 atom stereocenters. The molecule has 0 fully saturated rings. The van der Waals surface area contributed by atoms with Gasteiger partial charge in [0.2, 0.25) is 0 Å². The molecule has 0 saturated heterocycles. The van der Waals surface area contributed by atoms with Crippen molar-refractivity contribution in [3.63, 3.8) is 0 Å². The molecule has 1 aromatic heterocycles. The van der Waals surface area contributed by atoms with E-state index in [1.54, 1.807) is 36.0 Å². The Morgan fingerprint density at radius 2 is 1.96 bits per heavy atom. The van der Waals surface area contributed by atoms with Gasteiger partial charge in [-0.05, 0) is 37.3 Å². The van der Waals surface area contributed by atoms with E-state index in [0.29, 0.717) is 17.3 Å². The van der Waals surface area contributed by atoms with Gasteiger partial charge < -0.3 is 14.6 Å². The molecule has 4 nitrogen and oxygen atoms in total. The van der Waals surface area contributed by atoms with Gasteiger partial charge in [-0.1, -0.05) is 29.8 Å². The van der Waals surface area contributed by atoms with Gasteiger partial charge in [-0.2, -0.15) is 0 Å². The Hall–Kier alpha value is -2.11. The fraction of sp³-hybridized carbons (Fsp3) is 0.250. The molecule has 0 aliphatic rings. The van der Waals surface area contributed by atoms with Crippen LogP contribution in [0.3, 0.4) is 0 Å². The number of rotatable bonds is 8. The number of hydrogen-bond donors (Lipinski definition) is 1. The molecule has 1 N–H and O–H groups in total. The molecule has 0 saturated carbocycles. The van der Waals surface area contributed by atoms with E-state index in [2.05, 4.69) is 47.3 Å². The maximum Gasteiger partial charge on any atom is 0.257 e. The minimum Gasteiger partial charge on any atom is -0.484 e. The van der Waals surface area contributed by atoms with Gasteiger partial charge in [0, 0.05) is 45.9 Å². The number of nitrogens with one attached hydrogen (secondary N) is 1. The Balaban J connectivity index is 1.44. The molecule has 0 unspecified atom stereocenters. The summed E-state index contributed by atoms with van der Waals surface area (Å²) >= 11 is 7.57. The van der Waals surface area contributed by atoms with Crippen LogP contribution < -0.4 is 10.1 Å². The minimum atomic E-state index is -0.128. The number of amides is 1. The highest BCUT2D eigenvalue weighted by atomic mass is 35.5. The van der Waals surface area contributed by atoms with Crippen LogP contribution in [0.4, 0.5) is 0 Å². The minimum absolute atomic E-state index is 0.00143. The summed E-state index contributed by atoms with van der Waals surface area (Å²) in [4.78, 5) is 13.1. The Bertz CT molecular complexity index is 877. The maximum absolute atomic E-state index is 11.9. The third kappa shape index (κ3) is 4.74. The van der Waals surface area contributed by atoms with Crippen LogP contribution in [-0.4, -0.2) is 29.4 Å². The van der Waals surface area contributed by atoms with E-state index in [1.807, 2.05) is 0 Å². The number of carbonyl (C=O) groups is 1. The molecule has 3 rings (SSSR count). The maximum atomic E-state index is 11.9. The third-order valence-electron chi connectivity index (χ3n) is 3.96. The quantitative estimate of drug-likeness (QED) is 0.453. The van der Waals surface area contributed by atoms with E-state index in [0.717, 1.165) is 12.3 Å². The summed E-state index contributed by atoms with van der Waals surface area (Å²) in [7, 11) is 0. The van der Waals surface area contributed by atoms with Crippen molar-refractivity contribution >= 4 is 40.2 Å². The van der Waals surface area contributed by atoms with Crippen molar-refractivity contribution in [2.24, 2.45) is 0 Å². The molecule has 1 amide bonds. The van der Waals surface area contributed by atoms with Crippen molar-refractivity contribution in [3.8, 4) is 5.75 Å². The van der Waals surface area contributed by atoms with Crippen molar-refractivity contribution in [2.75, 3.05) is 18.9 Å². The number of halogens is 1. The van der Waals surface area contributed by atoms with Gasteiger partial charge in [0.15, 0.2) is 6.61 Å². The predicted octanol–water partition coefficient (Wildman–Crippen LogP) is 4.60. The second-order valence-corrected chi connectivity index (χ2v) is 7.31. The van der Waals surface area contributed by atoms with E-state index < -0.39 is 0 Å². The zero-order chi connectivity index (χ0) is 18.4. The van der Waals surface area contributed by atoms with E-state index in [1.165, 1.54) is 15.8 Å². The molecule has 0 aliphatic heterocycles. The van der Waals surface area contributed by atoms with Crippen LogP contribution in [0, 0.1) is 0 Å². The summed E-state index contributed by atoms with van der Waals surface area (Å²) in [6.45, 7) is 3.68. The Morgan fingerprint density at radius 3 is 2.73 bits per heavy atom. The molecule has 136 valence electrons. The predicted molar refractivity (Wildman–Crippen MR) is 108 cm³/mol. The molecular formula is C20H21ClN2O2S. The molecule has 2 aromatic carbocycles. The topological polar surface area (TPSA) is 43.3 Å². The summed E-state index contributed by atoms with van der Waals surface area (Å²) in [6, 6.07) is 15.4. The van der Waals surface area contributed by atoms with Crippen LogP contribution in [-0.2, 0) is 11.3 Å². The average molecular weight is 389 g/mol. The van der Waals surface area contributed by atoms with Gasteiger partial charge in [-0.15, -0.1) is 11.8 Å². The number of benzene rings is 2. The van der Waals surface area contributed by atoms with Crippen molar-refractivity contribution in [3.05, 3.63) is 59.8 Å². The van der Waals surface area contributed by atoms with Crippen molar-refractivity contribution < 1.29 is 9.53 Å². The number of fused-ring (bicyclic) bond motifs is 1. The summed E-state index contributed by atoms with van der Waals surface area (Å²) < 4.78 is 7.68. The number of carbonyl (C=O) groups excluding carboxylic acids is 1. The first-order valence-electron chi connectivity index (χ1n) is 8.53. The lowest BCUT2D eigenvalue weighted by atomic mass is 10.2. The Morgan fingerprint density at radius 1 is 1.19 bits per heavy atom. The second kappa shape index (κ2) is 9.01. The first kappa shape index (κ1) is 18.7. The molecule has 6 heteroatoms. The molecule has 0 spiro atoms. The molecule has 1 heterocycles. The molecular weight excluding hydrogens is 368 g/mol. The number of ether oxygens (including phenoxy) is 1. The Kier molecular flexibility index (Phi) is 6.47. The second-order valence-electron chi connectivity index (χ2n) is 5.74. The Labute approximate surface area is 162 Å². The van der Waals surface area contributed by atoms with Gasteiger partial charge in [-0.3, -0.25) is 4.79 Å². The lowest BCUT2D eigenvalue weighted by Crippen LogP contribution is -2.30. The largest absolute Gasteiger partial charge is 0.484 e. The smallest absolute Gasteiger partial charge is 0.257 e. The van der Waals surface area contributed by atoms with Crippen molar-refractivity contribution in [2.45, 2.75) is 18.4 Å². The van der Waals surface area contributed by atoms with Gasteiger partial charge >= 0.3 is 0 Å². The van der Waals surface area contributed by atoms with Crippen LogP contribution in [0.5, 0.6) is 5.75 Å². The third-order valence-corrected chi connectivity index (χ3v) is 5.25. The number of para-hydroxylation sites is 1. The van der Waals surface area contributed by atoms with Gasteiger partial charge in [-0.25, -0.2) is 0 Å². The zero-order valence-corrected chi connectivity index (χ0v) is 16.1. The van der Waals surface area contributed by atoms with Crippen LogP contribution in [0.1, 0.15) is 6.92 Å². The van der Waals surface area contributed by atoms with Crippen LogP contribution in [0.15, 0.2) is 59.6 Å². The number of nitrogens with zero attached hydrogens (tertiary/aromatic N) is 1.